The first kappa shape index (κ1) is 18.3. The first-order valence-electron chi connectivity index (χ1n) is 9.63. The van der Waals surface area contributed by atoms with Crippen LogP contribution in [0, 0.1) is 5.92 Å². The molecule has 6 heteroatoms. The summed E-state index contributed by atoms with van der Waals surface area (Å²) in [6.07, 6.45) is 1.82. The molecule has 1 fully saturated rings. The van der Waals surface area contributed by atoms with Crippen molar-refractivity contribution in [2.24, 2.45) is 11.1 Å². The van der Waals surface area contributed by atoms with E-state index in [2.05, 4.69) is 10.1 Å². The molecule has 0 radical (unpaired) electrons. The zero-order chi connectivity index (χ0) is 19.5. The molecule has 0 N–H and O–H groups in total. The monoisotopic (exact) mass is 379 g/mol. The second kappa shape index (κ2) is 7.92. The minimum atomic E-state index is -0.163. The van der Waals surface area contributed by atoms with Gasteiger partial charge < -0.3 is 19.4 Å². The molecule has 28 heavy (non-hydrogen) atoms. The summed E-state index contributed by atoms with van der Waals surface area (Å²) < 4.78 is 5.22. The summed E-state index contributed by atoms with van der Waals surface area (Å²) >= 11 is 0. The molecule has 4 rings (SSSR count). The number of benzene rings is 2. The van der Waals surface area contributed by atoms with Gasteiger partial charge in [-0.2, -0.15) is 0 Å². The molecule has 2 aromatic carbocycles. The largest absolute Gasteiger partial charge is 0.497 e. The van der Waals surface area contributed by atoms with Gasteiger partial charge in [-0.15, -0.1) is 0 Å². The van der Waals surface area contributed by atoms with Crippen LogP contribution in [0.5, 0.6) is 5.75 Å². The van der Waals surface area contributed by atoms with Gasteiger partial charge in [0.15, 0.2) is 5.84 Å². The van der Waals surface area contributed by atoms with Crippen LogP contribution in [0.1, 0.15) is 28.8 Å². The van der Waals surface area contributed by atoms with Crippen LogP contribution in [0.25, 0.3) is 0 Å². The van der Waals surface area contributed by atoms with E-state index in [0.29, 0.717) is 6.54 Å². The molecular weight excluding hydrogens is 354 g/mol. The first-order chi connectivity index (χ1) is 13.7. The van der Waals surface area contributed by atoms with Crippen LogP contribution in [-0.2, 0) is 4.84 Å². The molecule has 2 aromatic rings. The third-order valence-corrected chi connectivity index (χ3v) is 5.48. The van der Waals surface area contributed by atoms with Crippen LogP contribution in [0.4, 0.5) is 0 Å². The van der Waals surface area contributed by atoms with Crippen LogP contribution in [0.2, 0.25) is 0 Å². The number of methoxy groups -OCH3 is 1. The number of piperidine rings is 1. The van der Waals surface area contributed by atoms with Gasteiger partial charge in [0.05, 0.1) is 7.11 Å². The van der Waals surface area contributed by atoms with E-state index in [1.54, 1.807) is 7.11 Å². The molecular formula is C22H25N3O3. The second-order valence-electron chi connectivity index (χ2n) is 7.27. The van der Waals surface area contributed by atoms with E-state index < -0.39 is 0 Å². The summed E-state index contributed by atoms with van der Waals surface area (Å²) in [7, 11) is 3.65. The van der Waals surface area contributed by atoms with Gasteiger partial charge in [-0.3, -0.25) is 4.79 Å². The van der Waals surface area contributed by atoms with E-state index in [9.17, 15) is 4.79 Å². The number of carbonyl (C=O) groups excluding carboxylic acids is 1. The van der Waals surface area contributed by atoms with Crippen molar-refractivity contribution in [3.8, 4) is 5.75 Å². The third-order valence-electron chi connectivity index (χ3n) is 5.48. The lowest BCUT2D eigenvalue weighted by atomic mass is 9.94. The fourth-order valence-electron chi connectivity index (χ4n) is 3.95. The minimum absolute atomic E-state index is 0.0854. The van der Waals surface area contributed by atoms with Crippen molar-refractivity contribution in [3.05, 3.63) is 65.7 Å². The highest BCUT2D eigenvalue weighted by Crippen LogP contribution is 2.29. The van der Waals surface area contributed by atoms with Crippen LogP contribution >= 0.6 is 0 Å². The maximum Gasteiger partial charge on any atom is 0.253 e. The highest BCUT2D eigenvalue weighted by atomic mass is 16.7. The van der Waals surface area contributed by atoms with Crippen LogP contribution in [-0.4, -0.2) is 55.0 Å². The van der Waals surface area contributed by atoms with Crippen molar-refractivity contribution in [1.82, 2.24) is 9.80 Å². The SMILES string of the molecule is COc1ccc(C2=NOC(C3CCCN(C(=O)c4ccccc4)C3)N2C)cc1. The van der Waals surface area contributed by atoms with E-state index in [1.165, 1.54) is 0 Å². The molecule has 0 aliphatic carbocycles. The van der Waals surface area contributed by atoms with Crippen molar-refractivity contribution in [1.29, 1.82) is 0 Å². The number of amides is 1. The van der Waals surface area contributed by atoms with Crippen LogP contribution in [0.15, 0.2) is 59.8 Å². The Balaban J connectivity index is 1.44. The summed E-state index contributed by atoms with van der Waals surface area (Å²) in [5, 5.41) is 4.33. The van der Waals surface area contributed by atoms with Gasteiger partial charge in [-0.25, -0.2) is 0 Å². The van der Waals surface area contributed by atoms with Crippen LogP contribution in [0.3, 0.4) is 0 Å². The van der Waals surface area contributed by atoms with Crippen LogP contribution < -0.4 is 4.74 Å². The molecule has 6 nitrogen and oxygen atoms in total. The van der Waals surface area contributed by atoms with Gasteiger partial charge >= 0.3 is 0 Å². The Morgan fingerprint density at radius 1 is 1.14 bits per heavy atom. The summed E-state index contributed by atoms with van der Waals surface area (Å²) in [6.45, 7) is 1.46. The Labute approximate surface area is 165 Å². The summed E-state index contributed by atoms with van der Waals surface area (Å²) in [5.74, 6) is 1.91. The smallest absolute Gasteiger partial charge is 0.253 e. The lowest BCUT2D eigenvalue weighted by Gasteiger charge is -2.36. The van der Waals surface area contributed by atoms with Gasteiger partial charge in [-0.1, -0.05) is 23.4 Å². The number of amidine groups is 1. The van der Waals surface area contributed by atoms with Crippen molar-refractivity contribution < 1.29 is 14.4 Å². The molecule has 2 atom stereocenters. The van der Waals surface area contributed by atoms with Gasteiger partial charge in [-0.05, 0) is 49.2 Å². The normalized spacial score (nSPS) is 21.9. The average molecular weight is 379 g/mol. The maximum atomic E-state index is 12.8. The predicted octanol–water partition coefficient (Wildman–Crippen LogP) is 3.20. The van der Waals surface area contributed by atoms with Crippen molar-refractivity contribution >= 4 is 11.7 Å². The Hall–Kier alpha value is -3.02. The molecule has 2 aliphatic heterocycles. The van der Waals surface area contributed by atoms with E-state index in [1.807, 2.05) is 66.5 Å². The minimum Gasteiger partial charge on any atom is -0.497 e. The topological polar surface area (TPSA) is 54.4 Å². The molecule has 0 bridgehead atoms. The average Bonchev–Trinajstić information content (AvgIpc) is 3.15. The number of carbonyl (C=O) groups is 1. The Morgan fingerprint density at radius 3 is 2.61 bits per heavy atom. The fourth-order valence-corrected chi connectivity index (χ4v) is 3.95. The molecule has 0 aromatic heterocycles. The molecule has 146 valence electrons. The zero-order valence-electron chi connectivity index (χ0n) is 16.2. The molecule has 1 saturated heterocycles. The predicted molar refractivity (Wildman–Crippen MR) is 107 cm³/mol. The molecule has 2 aliphatic rings. The quantitative estimate of drug-likeness (QED) is 0.819. The van der Waals surface area contributed by atoms with E-state index in [0.717, 1.165) is 42.1 Å². The Morgan fingerprint density at radius 2 is 1.89 bits per heavy atom. The molecule has 0 spiro atoms. The lowest BCUT2D eigenvalue weighted by molar-refractivity contribution is -0.0430. The Bertz CT molecular complexity index is 851. The van der Waals surface area contributed by atoms with Gasteiger partial charge in [0.25, 0.3) is 5.91 Å². The number of oxime groups is 1. The number of likely N-dealkylation sites (tertiary alicyclic amines) is 1. The standard InChI is InChI=1S/C22H25N3O3/c1-24-20(16-10-12-19(27-2)13-11-16)23-28-22(24)18-9-6-14-25(15-18)21(26)17-7-4-3-5-8-17/h3-5,7-8,10-13,18,22H,6,9,14-15H2,1-2H3. The molecule has 2 unspecified atom stereocenters. The van der Waals surface area contributed by atoms with Gasteiger partial charge in [0, 0.05) is 37.2 Å². The van der Waals surface area contributed by atoms with Gasteiger partial charge in [0.1, 0.15) is 5.75 Å². The number of ether oxygens (including phenoxy) is 1. The number of hydrogen-bond acceptors (Lipinski definition) is 5. The van der Waals surface area contributed by atoms with E-state index in [4.69, 9.17) is 9.57 Å². The van der Waals surface area contributed by atoms with Crippen molar-refractivity contribution in [2.45, 2.75) is 19.1 Å². The lowest BCUT2D eigenvalue weighted by Crippen LogP contribution is -2.48. The summed E-state index contributed by atoms with van der Waals surface area (Å²) in [5.41, 5.74) is 1.72. The van der Waals surface area contributed by atoms with E-state index >= 15 is 0 Å². The van der Waals surface area contributed by atoms with E-state index in [-0.39, 0.29) is 18.1 Å². The number of rotatable bonds is 4. The molecule has 0 saturated carbocycles. The third kappa shape index (κ3) is 3.54. The van der Waals surface area contributed by atoms with Crippen molar-refractivity contribution in [3.63, 3.8) is 0 Å². The summed E-state index contributed by atoms with van der Waals surface area (Å²) in [4.78, 5) is 22.6. The molecule has 1 amide bonds. The number of hydrogen-bond donors (Lipinski definition) is 0. The van der Waals surface area contributed by atoms with Crippen molar-refractivity contribution in [2.75, 3.05) is 27.2 Å². The highest BCUT2D eigenvalue weighted by molar-refractivity contribution is 5.99. The second-order valence-corrected chi connectivity index (χ2v) is 7.27. The molecule has 2 heterocycles. The zero-order valence-corrected chi connectivity index (χ0v) is 16.2. The first-order valence-corrected chi connectivity index (χ1v) is 9.63. The Kier molecular flexibility index (Phi) is 5.19. The maximum absolute atomic E-state index is 12.8. The highest BCUT2D eigenvalue weighted by Gasteiger charge is 2.38. The van der Waals surface area contributed by atoms with Gasteiger partial charge in [0.2, 0.25) is 6.23 Å². The number of nitrogens with zero attached hydrogens (tertiary/aromatic N) is 3. The summed E-state index contributed by atoms with van der Waals surface area (Å²) in [6, 6.07) is 17.3. The fraction of sp³-hybridized carbons (Fsp3) is 0.364.